The van der Waals surface area contributed by atoms with Crippen LogP contribution in [-0.2, 0) is 0 Å². The molecule has 0 bridgehead atoms. The van der Waals surface area contributed by atoms with Crippen LogP contribution < -0.4 is 5.32 Å². The van der Waals surface area contributed by atoms with Gasteiger partial charge >= 0.3 is 0 Å². The molecule has 2 aromatic carbocycles. The van der Waals surface area contributed by atoms with E-state index in [0.717, 1.165) is 33.5 Å². The number of halogens is 1. The molecule has 118 valence electrons. The van der Waals surface area contributed by atoms with Crippen LogP contribution in [0, 0.1) is 13.8 Å². The number of ketones is 1. The molecule has 0 saturated carbocycles. The first-order chi connectivity index (χ1) is 10.5. The van der Waals surface area contributed by atoms with Gasteiger partial charge in [0.1, 0.15) is 0 Å². The van der Waals surface area contributed by atoms with E-state index < -0.39 is 0 Å². The Bertz CT molecular complexity index is 874. The van der Waals surface area contributed by atoms with Crippen molar-refractivity contribution in [2.75, 3.05) is 5.32 Å². The molecule has 3 nitrogen and oxygen atoms in total. The summed E-state index contributed by atoms with van der Waals surface area (Å²) in [4.78, 5) is 16.2. The van der Waals surface area contributed by atoms with Gasteiger partial charge in [-0.1, -0.05) is 30.3 Å². The van der Waals surface area contributed by atoms with Gasteiger partial charge in [-0.3, -0.25) is 9.78 Å². The van der Waals surface area contributed by atoms with Crippen LogP contribution in [0.3, 0.4) is 0 Å². The van der Waals surface area contributed by atoms with Crippen molar-refractivity contribution in [3.05, 3.63) is 65.4 Å². The number of rotatable bonds is 3. The number of hydrogen-bond donors (Lipinski definition) is 1. The first-order valence-electron chi connectivity index (χ1n) is 7.29. The van der Waals surface area contributed by atoms with Gasteiger partial charge in [0.05, 0.1) is 5.52 Å². The van der Waals surface area contributed by atoms with Crippen LogP contribution in [0.2, 0.25) is 0 Å². The largest absolute Gasteiger partial charge is 0.355 e. The van der Waals surface area contributed by atoms with Gasteiger partial charge in [0.25, 0.3) is 0 Å². The second-order valence-corrected chi connectivity index (χ2v) is 5.54. The molecule has 0 radical (unpaired) electrons. The number of aromatic nitrogens is 1. The highest BCUT2D eigenvalue weighted by atomic mass is 35.5. The minimum Gasteiger partial charge on any atom is -0.355 e. The third-order valence-electron chi connectivity index (χ3n) is 3.72. The summed E-state index contributed by atoms with van der Waals surface area (Å²) in [6, 6.07) is 15.7. The van der Waals surface area contributed by atoms with Crippen molar-refractivity contribution in [3.8, 4) is 0 Å². The molecular formula is C19H19ClN2O. The van der Waals surface area contributed by atoms with Crippen molar-refractivity contribution in [2.45, 2.75) is 20.8 Å². The molecule has 0 atom stereocenters. The zero-order chi connectivity index (χ0) is 15.7. The van der Waals surface area contributed by atoms with Crippen LogP contribution in [-0.4, -0.2) is 10.8 Å². The van der Waals surface area contributed by atoms with Crippen LogP contribution in [0.4, 0.5) is 11.4 Å². The Morgan fingerprint density at radius 2 is 1.78 bits per heavy atom. The third kappa shape index (κ3) is 3.51. The number of fused-ring (bicyclic) bond motifs is 1. The topological polar surface area (TPSA) is 42.0 Å². The number of carbonyl (C=O) groups is 1. The zero-order valence-corrected chi connectivity index (χ0v) is 14.2. The molecule has 4 heteroatoms. The number of carbonyl (C=O) groups excluding carboxylic acids is 1. The van der Waals surface area contributed by atoms with E-state index in [2.05, 4.69) is 29.4 Å². The van der Waals surface area contributed by atoms with Crippen LogP contribution in [0.15, 0.2) is 48.5 Å². The monoisotopic (exact) mass is 326 g/mol. The lowest BCUT2D eigenvalue weighted by Gasteiger charge is -2.12. The van der Waals surface area contributed by atoms with Gasteiger partial charge in [-0.2, -0.15) is 0 Å². The second-order valence-electron chi connectivity index (χ2n) is 5.54. The summed E-state index contributed by atoms with van der Waals surface area (Å²) in [7, 11) is 0. The quantitative estimate of drug-likeness (QED) is 0.671. The first-order valence-corrected chi connectivity index (χ1v) is 7.29. The molecule has 3 rings (SSSR count). The van der Waals surface area contributed by atoms with Gasteiger partial charge in [-0.25, -0.2) is 0 Å². The van der Waals surface area contributed by atoms with Gasteiger partial charge < -0.3 is 5.32 Å². The highest BCUT2D eigenvalue weighted by molar-refractivity contribution is 5.97. The predicted molar refractivity (Wildman–Crippen MR) is 98.2 cm³/mol. The maximum Gasteiger partial charge on any atom is 0.159 e. The fraction of sp³-hybridized carbons (Fsp3) is 0.158. The lowest BCUT2D eigenvalue weighted by Crippen LogP contribution is -1.98. The van der Waals surface area contributed by atoms with Crippen molar-refractivity contribution in [2.24, 2.45) is 0 Å². The van der Waals surface area contributed by atoms with E-state index in [1.165, 1.54) is 0 Å². The van der Waals surface area contributed by atoms with E-state index in [0.29, 0.717) is 5.56 Å². The van der Waals surface area contributed by atoms with Gasteiger partial charge in [0.15, 0.2) is 5.78 Å². The van der Waals surface area contributed by atoms with Crippen molar-refractivity contribution in [1.29, 1.82) is 0 Å². The maximum atomic E-state index is 11.5. The lowest BCUT2D eigenvalue weighted by atomic mass is 10.1. The number of aryl methyl sites for hydroxylation is 2. The summed E-state index contributed by atoms with van der Waals surface area (Å²) < 4.78 is 0. The van der Waals surface area contributed by atoms with Crippen LogP contribution in [0.1, 0.15) is 28.5 Å². The minimum atomic E-state index is 0. The van der Waals surface area contributed by atoms with Gasteiger partial charge in [0, 0.05) is 28.0 Å². The Balaban J connectivity index is 0.00000192. The lowest BCUT2D eigenvalue weighted by molar-refractivity contribution is 0.101. The highest BCUT2D eigenvalue weighted by Crippen LogP contribution is 2.28. The summed E-state index contributed by atoms with van der Waals surface area (Å²) in [5, 5.41) is 4.50. The van der Waals surface area contributed by atoms with Gasteiger partial charge in [-0.15, -0.1) is 12.4 Å². The van der Waals surface area contributed by atoms with Crippen molar-refractivity contribution < 1.29 is 4.79 Å². The molecule has 1 aromatic heterocycles. The smallest absolute Gasteiger partial charge is 0.159 e. The van der Waals surface area contributed by atoms with E-state index in [-0.39, 0.29) is 18.2 Å². The zero-order valence-electron chi connectivity index (χ0n) is 13.4. The summed E-state index contributed by atoms with van der Waals surface area (Å²) in [5.41, 5.74) is 5.74. The van der Waals surface area contributed by atoms with E-state index >= 15 is 0 Å². The van der Waals surface area contributed by atoms with E-state index in [4.69, 9.17) is 0 Å². The number of anilines is 2. The maximum absolute atomic E-state index is 11.5. The Morgan fingerprint density at radius 3 is 2.52 bits per heavy atom. The first kappa shape index (κ1) is 17.0. The molecule has 23 heavy (non-hydrogen) atoms. The summed E-state index contributed by atoms with van der Waals surface area (Å²) in [6.45, 7) is 5.63. The Morgan fingerprint density at radius 1 is 1.04 bits per heavy atom. The number of Topliss-reactive ketones (excluding diaryl/α,β-unsaturated/α-hetero) is 1. The molecule has 1 heterocycles. The number of hydrogen-bond acceptors (Lipinski definition) is 3. The highest BCUT2D eigenvalue weighted by Gasteiger charge is 2.07. The Labute approximate surface area is 142 Å². The fourth-order valence-electron chi connectivity index (χ4n) is 2.59. The fourth-order valence-corrected chi connectivity index (χ4v) is 2.59. The number of nitrogens with one attached hydrogen (secondary N) is 1. The average Bonchev–Trinajstić information content (AvgIpc) is 2.48. The van der Waals surface area contributed by atoms with Crippen LogP contribution in [0.25, 0.3) is 10.9 Å². The van der Waals surface area contributed by atoms with Gasteiger partial charge in [0.2, 0.25) is 0 Å². The predicted octanol–water partition coefficient (Wildman–Crippen LogP) is 5.22. The Hall–Kier alpha value is -2.39. The number of nitrogens with zero attached hydrogens (tertiary/aromatic N) is 1. The molecule has 0 unspecified atom stereocenters. The summed E-state index contributed by atoms with van der Waals surface area (Å²) in [6.07, 6.45) is 0. The van der Waals surface area contributed by atoms with Crippen molar-refractivity contribution >= 4 is 40.5 Å². The standard InChI is InChI=1S/C19H18N2O.ClH/c1-12-6-4-9-17-18(10-13(2)20-19(12)17)21-16-8-5-7-15(11-16)14(3)22;/h4-11H,1-3H3,(H,20,21);1H. The molecule has 0 aliphatic carbocycles. The normalized spacial score (nSPS) is 10.2. The molecule has 0 aliphatic heterocycles. The van der Waals surface area contributed by atoms with Gasteiger partial charge in [-0.05, 0) is 44.5 Å². The molecule has 0 fully saturated rings. The van der Waals surface area contributed by atoms with E-state index in [1.807, 2.05) is 43.3 Å². The van der Waals surface area contributed by atoms with Crippen molar-refractivity contribution in [1.82, 2.24) is 4.98 Å². The number of pyridine rings is 1. The molecule has 0 spiro atoms. The second kappa shape index (κ2) is 6.80. The number of para-hydroxylation sites is 1. The van der Waals surface area contributed by atoms with Crippen LogP contribution in [0.5, 0.6) is 0 Å². The summed E-state index contributed by atoms with van der Waals surface area (Å²) >= 11 is 0. The summed E-state index contributed by atoms with van der Waals surface area (Å²) in [5.74, 6) is 0.0651. The molecule has 1 N–H and O–H groups in total. The molecule has 0 saturated heterocycles. The van der Waals surface area contributed by atoms with E-state index in [9.17, 15) is 4.79 Å². The Kier molecular flexibility index (Phi) is 5.02. The molecular weight excluding hydrogens is 308 g/mol. The third-order valence-corrected chi connectivity index (χ3v) is 3.72. The molecule has 0 amide bonds. The SMILES string of the molecule is CC(=O)c1cccc(Nc2cc(C)nc3c(C)cccc23)c1.Cl. The van der Waals surface area contributed by atoms with Crippen LogP contribution >= 0.6 is 12.4 Å². The number of benzene rings is 2. The van der Waals surface area contributed by atoms with Crippen molar-refractivity contribution in [3.63, 3.8) is 0 Å². The molecule has 0 aliphatic rings. The van der Waals surface area contributed by atoms with E-state index in [1.54, 1.807) is 6.92 Å². The average molecular weight is 327 g/mol. The minimum absolute atomic E-state index is 0. The molecule has 3 aromatic rings.